The van der Waals surface area contributed by atoms with Crippen molar-refractivity contribution >= 4 is 43.4 Å². The minimum atomic E-state index is -0.697. The minimum Gasteiger partial charge on any atom is -0.349 e. The van der Waals surface area contributed by atoms with Crippen molar-refractivity contribution in [3.63, 3.8) is 0 Å². The summed E-state index contributed by atoms with van der Waals surface area (Å²) in [6.07, 6.45) is 1.61. The van der Waals surface area contributed by atoms with Crippen LogP contribution in [0.25, 0.3) is 10.8 Å². The number of carbonyl (C=O) groups is 1. The van der Waals surface area contributed by atoms with Gasteiger partial charge in [0.25, 0.3) is 5.91 Å². The molecule has 3 nitrogen and oxygen atoms in total. The van der Waals surface area contributed by atoms with Gasteiger partial charge in [-0.1, -0.05) is 28.1 Å². The second kappa shape index (κ2) is 6.28. The van der Waals surface area contributed by atoms with Gasteiger partial charge in [0, 0.05) is 38.4 Å². The van der Waals surface area contributed by atoms with Crippen molar-refractivity contribution in [3.05, 3.63) is 46.4 Å². The molecule has 0 saturated carbocycles. The van der Waals surface area contributed by atoms with E-state index in [1.54, 1.807) is 0 Å². The normalized spacial score (nSPS) is 22.1. The lowest BCUT2D eigenvalue weighted by Crippen LogP contribution is -2.39. The Morgan fingerprint density at radius 1 is 1.10 bits per heavy atom. The fourth-order valence-electron chi connectivity index (χ4n) is 2.56. The van der Waals surface area contributed by atoms with Crippen molar-refractivity contribution in [2.45, 2.75) is 18.9 Å². The van der Waals surface area contributed by atoms with Gasteiger partial charge < -0.3 is 5.32 Å². The van der Waals surface area contributed by atoms with Crippen molar-refractivity contribution in [2.75, 3.05) is 11.5 Å². The van der Waals surface area contributed by atoms with E-state index in [1.165, 1.54) is 0 Å². The highest BCUT2D eigenvalue weighted by Gasteiger charge is 2.20. The number of hydrogen-bond donors (Lipinski definition) is 1. The van der Waals surface area contributed by atoms with Gasteiger partial charge in [-0.3, -0.25) is 9.00 Å². The van der Waals surface area contributed by atoms with Gasteiger partial charge >= 0.3 is 0 Å². The summed E-state index contributed by atoms with van der Waals surface area (Å²) in [5.41, 5.74) is 0.677. The summed E-state index contributed by atoms with van der Waals surface area (Å²) in [4.78, 5) is 12.3. The third-order valence-electron chi connectivity index (χ3n) is 3.79. The van der Waals surface area contributed by atoms with Gasteiger partial charge in [-0.25, -0.2) is 0 Å². The summed E-state index contributed by atoms with van der Waals surface area (Å²) in [7, 11) is -0.697. The second-order valence-electron chi connectivity index (χ2n) is 5.30. The summed E-state index contributed by atoms with van der Waals surface area (Å²) in [5, 5.41) is 5.21. The van der Waals surface area contributed by atoms with E-state index >= 15 is 0 Å². The van der Waals surface area contributed by atoms with Crippen LogP contribution in [0.1, 0.15) is 23.2 Å². The highest BCUT2D eigenvalue weighted by molar-refractivity contribution is 9.10. The van der Waals surface area contributed by atoms with Gasteiger partial charge in [0.05, 0.1) is 0 Å². The molecule has 1 fully saturated rings. The van der Waals surface area contributed by atoms with Crippen LogP contribution in [0.3, 0.4) is 0 Å². The lowest BCUT2D eigenvalue weighted by atomic mass is 10.1. The largest absolute Gasteiger partial charge is 0.349 e. The summed E-state index contributed by atoms with van der Waals surface area (Å²) in [5.74, 6) is 1.34. The molecule has 0 aromatic heterocycles. The van der Waals surface area contributed by atoms with Crippen molar-refractivity contribution in [2.24, 2.45) is 0 Å². The molecule has 2 aromatic rings. The van der Waals surface area contributed by atoms with E-state index in [4.69, 9.17) is 0 Å². The number of rotatable bonds is 2. The molecule has 5 heteroatoms. The van der Waals surface area contributed by atoms with Crippen molar-refractivity contribution < 1.29 is 9.00 Å². The topological polar surface area (TPSA) is 46.2 Å². The predicted octanol–water partition coefficient (Wildman–Crippen LogP) is 3.24. The fraction of sp³-hybridized carbons (Fsp3) is 0.312. The first-order valence-electron chi connectivity index (χ1n) is 6.97. The van der Waals surface area contributed by atoms with Crippen molar-refractivity contribution in [1.29, 1.82) is 0 Å². The quantitative estimate of drug-likeness (QED) is 0.887. The van der Waals surface area contributed by atoms with Crippen LogP contribution in [0.4, 0.5) is 0 Å². The summed E-state index contributed by atoms with van der Waals surface area (Å²) < 4.78 is 12.4. The first kappa shape index (κ1) is 14.7. The van der Waals surface area contributed by atoms with Crippen LogP contribution in [0.2, 0.25) is 0 Å². The van der Waals surface area contributed by atoms with E-state index in [9.17, 15) is 9.00 Å². The first-order valence-corrected chi connectivity index (χ1v) is 9.25. The van der Waals surface area contributed by atoms with Gasteiger partial charge in [0.2, 0.25) is 0 Å². The standard InChI is InChI=1S/C16H16BrNO2S/c17-14-4-3-11-9-13(2-1-12(11)10-14)16(19)18-15-5-7-21(20)8-6-15/h1-4,9-10,15H,5-8H2,(H,18,19). The Balaban J connectivity index is 1.75. The molecule has 0 unspecified atom stereocenters. The fourth-order valence-corrected chi connectivity index (χ4v) is 4.24. The van der Waals surface area contributed by atoms with Crippen LogP contribution in [0.15, 0.2) is 40.9 Å². The van der Waals surface area contributed by atoms with Gasteiger partial charge in [0.1, 0.15) is 0 Å². The molecule has 1 aliphatic heterocycles. The molecule has 1 heterocycles. The number of amides is 1. The van der Waals surface area contributed by atoms with Crippen LogP contribution in [-0.2, 0) is 10.8 Å². The molecule has 1 saturated heterocycles. The molecular formula is C16H16BrNO2S. The van der Waals surface area contributed by atoms with E-state index in [0.29, 0.717) is 17.1 Å². The zero-order chi connectivity index (χ0) is 14.8. The summed E-state index contributed by atoms with van der Waals surface area (Å²) in [6.45, 7) is 0. The van der Waals surface area contributed by atoms with E-state index in [1.807, 2.05) is 36.4 Å². The van der Waals surface area contributed by atoms with Gasteiger partial charge in [-0.15, -0.1) is 0 Å². The van der Waals surface area contributed by atoms with E-state index < -0.39 is 10.8 Å². The third kappa shape index (κ3) is 3.52. The lowest BCUT2D eigenvalue weighted by molar-refractivity contribution is 0.0934. The van der Waals surface area contributed by atoms with Gasteiger partial charge in [-0.05, 0) is 47.9 Å². The number of carbonyl (C=O) groups excluding carboxylic acids is 1. The first-order chi connectivity index (χ1) is 10.1. The maximum Gasteiger partial charge on any atom is 0.251 e. The molecule has 0 atom stereocenters. The molecular weight excluding hydrogens is 350 g/mol. The average Bonchev–Trinajstić information content (AvgIpc) is 2.49. The van der Waals surface area contributed by atoms with Gasteiger partial charge in [0.15, 0.2) is 0 Å². The molecule has 1 amide bonds. The SMILES string of the molecule is O=C(NC1CCS(=O)CC1)c1ccc2cc(Br)ccc2c1. The van der Waals surface area contributed by atoms with Crippen molar-refractivity contribution in [1.82, 2.24) is 5.32 Å². The number of halogens is 1. The van der Waals surface area contributed by atoms with Crippen LogP contribution in [-0.4, -0.2) is 27.7 Å². The van der Waals surface area contributed by atoms with E-state index in [0.717, 1.165) is 28.1 Å². The number of hydrogen-bond acceptors (Lipinski definition) is 2. The maximum atomic E-state index is 12.3. The Morgan fingerprint density at radius 3 is 2.52 bits per heavy atom. The van der Waals surface area contributed by atoms with Crippen LogP contribution in [0, 0.1) is 0 Å². The molecule has 1 aliphatic rings. The molecule has 3 rings (SSSR count). The minimum absolute atomic E-state index is 0.0440. The molecule has 0 spiro atoms. The molecule has 1 N–H and O–H groups in total. The zero-order valence-corrected chi connectivity index (χ0v) is 13.9. The molecule has 21 heavy (non-hydrogen) atoms. The second-order valence-corrected chi connectivity index (χ2v) is 7.91. The predicted molar refractivity (Wildman–Crippen MR) is 90.0 cm³/mol. The van der Waals surface area contributed by atoms with Gasteiger partial charge in [-0.2, -0.15) is 0 Å². The maximum absolute atomic E-state index is 12.3. The van der Waals surface area contributed by atoms with E-state index in [2.05, 4.69) is 21.2 Å². The van der Waals surface area contributed by atoms with E-state index in [-0.39, 0.29) is 11.9 Å². The Morgan fingerprint density at radius 2 is 1.76 bits per heavy atom. The Hall–Kier alpha value is -1.20. The Labute approximate surface area is 134 Å². The Bertz CT molecular complexity index is 706. The molecule has 0 bridgehead atoms. The number of nitrogens with one attached hydrogen (secondary N) is 1. The van der Waals surface area contributed by atoms with Crippen LogP contribution >= 0.6 is 15.9 Å². The highest BCUT2D eigenvalue weighted by Crippen LogP contribution is 2.21. The molecule has 2 aromatic carbocycles. The number of benzene rings is 2. The monoisotopic (exact) mass is 365 g/mol. The van der Waals surface area contributed by atoms with Crippen LogP contribution < -0.4 is 5.32 Å². The Kier molecular flexibility index (Phi) is 4.40. The smallest absolute Gasteiger partial charge is 0.251 e. The zero-order valence-electron chi connectivity index (χ0n) is 11.5. The molecule has 0 aliphatic carbocycles. The summed E-state index contributed by atoms with van der Waals surface area (Å²) >= 11 is 3.45. The third-order valence-corrected chi connectivity index (χ3v) is 5.66. The number of fused-ring (bicyclic) bond motifs is 1. The van der Waals surface area contributed by atoms with Crippen LogP contribution in [0.5, 0.6) is 0 Å². The molecule has 110 valence electrons. The van der Waals surface area contributed by atoms with Crippen molar-refractivity contribution in [3.8, 4) is 0 Å². The summed E-state index contributed by atoms with van der Waals surface area (Å²) in [6, 6.07) is 11.9. The lowest BCUT2D eigenvalue weighted by Gasteiger charge is -2.22. The average molecular weight is 366 g/mol. The molecule has 0 radical (unpaired) electrons. The highest BCUT2D eigenvalue weighted by atomic mass is 79.9.